The third-order valence-corrected chi connectivity index (χ3v) is 2.37. The molecule has 2 rings (SSSR count). The lowest BCUT2D eigenvalue weighted by atomic mass is 10.1. The number of hydrogen-bond acceptors (Lipinski definition) is 4. The second kappa shape index (κ2) is 4.07. The van der Waals surface area contributed by atoms with Gasteiger partial charge in [-0.1, -0.05) is 19.1 Å². The summed E-state index contributed by atoms with van der Waals surface area (Å²) in [5, 5.41) is 8.71. The van der Waals surface area contributed by atoms with Crippen molar-refractivity contribution in [3.8, 4) is 17.5 Å². The van der Waals surface area contributed by atoms with E-state index in [0.717, 1.165) is 12.0 Å². The highest BCUT2D eigenvalue weighted by atomic mass is 16.4. The number of rotatable bonds is 2. The molecule has 0 radical (unpaired) electrons. The number of nitrogens with two attached hydrogens (primary N) is 1. The van der Waals surface area contributed by atoms with Gasteiger partial charge in [0.25, 0.3) is 0 Å². The van der Waals surface area contributed by atoms with Gasteiger partial charge in [-0.25, -0.2) is 0 Å². The van der Waals surface area contributed by atoms with Gasteiger partial charge in [-0.2, -0.15) is 10.2 Å². The number of benzene rings is 1. The van der Waals surface area contributed by atoms with E-state index in [2.05, 4.69) is 11.9 Å². The molecule has 4 nitrogen and oxygen atoms in total. The Balaban J connectivity index is 2.39. The first-order valence-corrected chi connectivity index (χ1v) is 5.00. The average Bonchev–Trinajstić information content (AvgIpc) is 2.71. The number of nitriles is 1. The Labute approximate surface area is 93.3 Å². The molecule has 1 heterocycles. The molecule has 1 aromatic carbocycles. The minimum atomic E-state index is 0.0667. The van der Waals surface area contributed by atoms with Gasteiger partial charge in [0.1, 0.15) is 6.07 Å². The van der Waals surface area contributed by atoms with Crippen molar-refractivity contribution >= 4 is 5.88 Å². The van der Waals surface area contributed by atoms with Crippen molar-refractivity contribution in [3.63, 3.8) is 0 Å². The Hall–Kier alpha value is -2.28. The lowest BCUT2D eigenvalue weighted by molar-refractivity contribution is 0.593. The Bertz CT molecular complexity index is 534. The standard InChI is InChI=1S/C12H11N3O/c1-2-8-3-5-9(6-4-8)12-15-10(7-13)11(14)16-12/h3-6H,2,14H2,1H3. The average molecular weight is 213 g/mol. The van der Waals surface area contributed by atoms with Crippen LogP contribution in [0.3, 0.4) is 0 Å². The first-order chi connectivity index (χ1) is 7.74. The molecule has 0 aliphatic heterocycles. The van der Waals surface area contributed by atoms with E-state index in [1.54, 1.807) is 0 Å². The molecule has 4 heteroatoms. The Kier molecular flexibility index (Phi) is 2.61. The van der Waals surface area contributed by atoms with E-state index in [0.29, 0.717) is 5.89 Å². The maximum atomic E-state index is 8.71. The molecular formula is C12H11N3O. The zero-order valence-corrected chi connectivity index (χ0v) is 8.90. The van der Waals surface area contributed by atoms with Crippen LogP contribution in [0.15, 0.2) is 28.7 Å². The summed E-state index contributed by atoms with van der Waals surface area (Å²) in [4.78, 5) is 4.00. The normalized spacial score (nSPS) is 10.0. The molecule has 16 heavy (non-hydrogen) atoms. The fourth-order valence-corrected chi connectivity index (χ4v) is 1.42. The molecule has 0 fully saturated rings. The van der Waals surface area contributed by atoms with E-state index >= 15 is 0 Å². The van der Waals surface area contributed by atoms with Crippen molar-refractivity contribution in [1.29, 1.82) is 5.26 Å². The van der Waals surface area contributed by atoms with Crippen molar-refractivity contribution in [3.05, 3.63) is 35.5 Å². The Morgan fingerprint density at radius 2 is 2.06 bits per heavy atom. The minimum Gasteiger partial charge on any atom is -0.419 e. The number of nitrogens with zero attached hydrogens (tertiary/aromatic N) is 2. The zero-order valence-electron chi connectivity index (χ0n) is 8.90. The molecule has 1 aromatic heterocycles. The van der Waals surface area contributed by atoms with Crippen molar-refractivity contribution in [2.45, 2.75) is 13.3 Å². The summed E-state index contributed by atoms with van der Waals surface area (Å²) in [5.41, 5.74) is 7.69. The van der Waals surface area contributed by atoms with Crippen LogP contribution < -0.4 is 5.73 Å². The van der Waals surface area contributed by atoms with Gasteiger partial charge in [-0.15, -0.1) is 0 Å². The SMILES string of the molecule is CCc1ccc(-c2nc(C#N)c(N)o2)cc1. The van der Waals surface area contributed by atoms with Gasteiger partial charge in [0.2, 0.25) is 17.5 Å². The molecule has 80 valence electrons. The summed E-state index contributed by atoms with van der Waals surface area (Å²) in [7, 11) is 0. The van der Waals surface area contributed by atoms with Gasteiger partial charge in [0.05, 0.1) is 0 Å². The quantitative estimate of drug-likeness (QED) is 0.830. The number of nitrogen functional groups attached to an aromatic ring is 1. The summed E-state index contributed by atoms with van der Waals surface area (Å²) in [5.74, 6) is 0.453. The molecule has 2 N–H and O–H groups in total. The summed E-state index contributed by atoms with van der Waals surface area (Å²) in [6, 6.07) is 9.70. The van der Waals surface area contributed by atoms with Crippen LogP contribution in [0, 0.1) is 11.3 Å². The summed E-state index contributed by atoms with van der Waals surface area (Å²) in [6.45, 7) is 2.09. The third-order valence-electron chi connectivity index (χ3n) is 2.37. The van der Waals surface area contributed by atoms with Gasteiger partial charge in [-0.3, -0.25) is 0 Å². The van der Waals surface area contributed by atoms with Gasteiger partial charge >= 0.3 is 0 Å². The van der Waals surface area contributed by atoms with Gasteiger partial charge in [0.15, 0.2) is 0 Å². The van der Waals surface area contributed by atoms with Crippen molar-refractivity contribution in [1.82, 2.24) is 4.98 Å². The molecule has 0 aliphatic rings. The van der Waals surface area contributed by atoms with Crippen molar-refractivity contribution < 1.29 is 4.42 Å². The van der Waals surface area contributed by atoms with Crippen LogP contribution >= 0.6 is 0 Å². The number of hydrogen-bond donors (Lipinski definition) is 1. The molecule has 2 aromatic rings. The summed E-state index contributed by atoms with van der Waals surface area (Å²) >= 11 is 0. The van der Waals surface area contributed by atoms with Crippen LogP contribution in [0.4, 0.5) is 5.88 Å². The molecule has 0 spiro atoms. The smallest absolute Gasteiger partial charge is 0.230 e. The monoisotopic (exact) mass is 213 g/mol. The third kappa shape index (κ3) is 1.75. The maximum absolute atomic E-state index is 8.71. The first-order valence-electron chi connectivity index (χ1n) is 5.00. The van der Waals surface area contributed by atoms with E-state index < -0.39 is 0 Å². The van der Waals surface area contributed by atoms with E-state index in [4.69, 9.17) is 15.4 Å². The van der Waals surface area contributed by atoms with E-state index in [1.807, 2.05) is 30.3 Å². The van der Waals surface area contributed by atoms with Crippen molar-refractivity contribution in [2.24, 2.45) is 0 Å². The van der Waals surface area contributed by atoms with E-state index in [-0.39, 0.29) is 11.6 Å². The predicted molar refractivity (Wildman–Crippen MR) is 60.4 cm³/mol. The van der Waals surface area contributed by atoms with Gasteiger partial charge in [-0.05, 0) is 24.1 Å². The highest BCUT2D eigenvalue weighted by Gasteiger charge is 2.11. The highest BCUT2D eigenvalue weighted by Crippen LogP contribution is 2.23. The molecule has 0 saturated heterocycles. The molecular weight excluding hydrogens is 202 g/mol. The predicted octanol–water partition coefficient (Wildman–Crippen LogP) is 2.36. The number of aromatic nitrogens is 1. The van der Waals surface area contributed by atoms with E-state index in [1.165, 1.54) is 5.56 Å². The summed E-state index contributed by atoms with van der Waals surface area (Å²) < 4.78 is 5.21. The second-order valence-corrected chi connectivity index (χ2v) is 3.39. The molecule has 0 unspecified atom stereocenters. The number of aryl methyl sites for hydroxylation is 1. The van der Waals surface area contributed by atoms with Crippen LogP contribution in [0.5, 0.6) is 0 Å². The molecule has 0 amide bonds. The molecule has 0 atom stereocenters. The minimum absolute atomic E-state index is 0.0667. The largest absolute Gasteiger partial charge is 0.419 e. The van der Waals surface area contributed by atoms with Crippen LogP contribution in [0.2, 0.25) is 0 Å². The number of oxazole rings is 1. The van der Waals surface area contributed by atoms with Crippen molar-refractivity contribution in [2.75, 3.05) is 5.73 Å². The Morgan fingerprint density at radius 3 is 2.56 bits per heavy atom. The lowest BCUT2D eigenvalue weighted by Crippen LogP contribution is -1.84. The topological polar surface area (TPSA) is 75.8 Å². The maximum Gasteiger partial charge on any atom is 0.230 e. The fourth-order valence-electron chi connectivity index (χ4n) is 1.42. The van der Waals surface area contributed by atoms with Gasteiger partial charge < -0.3 is 10.2 Å². The van der Waals surface area contributed by atoms with Crippen LogP contribution in [-0.2, 0) is 6.42 Å². The highest BCUT2D eigenvalue weighted by molar-refractivity contribution is 5.57. The van der Waals surface area contributed by atoms with Crippen LogP contribution in [-0.4, -0.2) is 4.98 Å². The first kappa shape index (κ1) is 10.2. The Morgan fingerprint density at radius 1 is 1.38 bits per heavy atom. The fraction of sp³-hybridized carbons (Fsp3) is 0.167. The van der Waals surface area contributed by atoms with Crippen LogP contribution in [0.1, 0.15) is 18.2 Å². The molecule has 0 bridgehead atoms. The number of anilines is 1. The van der Waals surface area contributed by atoms with Gasteiger partial charge in [0, 0.05) is 5.56 Å². The second-order valence-electron chi connectivity index (χ2n) is 3.39. The van der Waals surface area contributed by atoms with E-state index in [9.17, 15) is 0 Å². The summed E-state index contributed by atoms with van der Waals surface area (Å²) in [6.07, 6.45) is 0.984. The molecule has 0 aliphatic carbocycles. The lowest BCUT2D eigenvalue weighted by Gasteiger charge is -1.97. The van der Waals surface area contributed by atoms with Crippen LogP contribution in [0.25, 0.3) is 11.5 Å². The molecule has 0 saturated carbocycles. The zero-order chi connectivity index (χ0) is 11.5.